The van der Waals surface area contributed by atoms with Crippen molar-refractivity contribution >= 4 is 23.3 Å². The molecule has 0 radical (unpaired) electrons. The van der Waals surface area contributed by atoms with Gasteiger partial charge in [-0.25, -0.2) is 4.98 Å². The second-order valence-corrected chi connectivity index (χ2v) is 5.11. The van der Waals surface area contributed by atoms with E-state index >= 15 is 0 Å². The van der Waals surface area contributed by atoms with Gasteiger partial charge in [0.15, 0.2) is 0 Å². The molecule has 1 heterocycles. The molecule has 0 unspecified atom stereocenters. The first-order chi connectivity index (χ1) is 10.2. The molecule has 0 saturated heterocycles. The lowest BCUT2D eigenvalue weighted by molar-refractivity contribution is -0.137. The van der Waals surface area contributed by atoms with Gasteiger partial charge in [0.1, 0.15) is 5.82 Å². The van der Waals surface area contributed by atoms with E-state index in [1.165, 1.54) is 18.1 Å². The van der Waals surface area contributed by atoms with Gasteiger partial charge in [0.05, 0.1) is 16.1 Å². The standard InChI is InChI=1S/C15H12ClF3N2O/c1-9-4-3-7-20-13(9)21(2)14(22)11-6-5-10(8-12(11)16)15(17,18)19/h3-8H,1-2H3. The van der Waals surface area contributed by atoms with Crippen LogP contribution in [0.3, 0.4) is 0 Å². The van der Waals surface area contributed by atoms with E-state index in [2.05, 4.69) is 4.98 Å². The van der Waals surface area contributed by atoms with Crippen molar-refractivity contribution in [3.63, 3.8) is 0 Å². The average Bonchev–Trinajstić information content (AvgIpc) is 2.45. The first-order valence-corrected chi connectivity index (χ1v) is 6.66. The topological polar surface area (TPSA) is 33.2 Å². The molecule has 2 rings (SSSR count). The largest absolute Gasteiger partial charge is 0.416 e. The van der Waals surface area contributed by atoms with Crippen molar-refractivity contribution in [2.45, 2.75) is 13.1 Å². The third kappa shape index (κ3) is 3.22. The summed E-state index contributed by atoms with van der Waals surface area (Å²) in [6, 6.07) is 6.15. The number of hydrogen-bond acceptors (Lipinski definition) is 2. The minimum absolute atomic E-state index is 0.0118. The van der Waals surface area contributed by atoms with Gasteiger partial charge in [0.2, 0.25) is 0 Å². The monoisotopic (exact) mass is 328 g/mol. The molecule has 0 fully saturated rings. The Balaban J connectivity index is 2.36. The summed E-state index contributed by atoms with van der Waals surface area (Å²) >= 11 is 5.83. The van der Waals surface area contributed by atoms with Crippen LogP contribution in [0, 0.1) is 6.92 Å². The van der Waals surface area contributed by atoms with Gasteiger partial charge in [-0.05, 0) is 36.8 Å². The predicted octanol–water partition coefficient (Wildman–Crippen LogP) is 4.34. The van der Waals surface area contributed by atoms with E-state index in [1.54, 1.807) is 19.1 Å². The Kier molecular flexibility index (Phi) is 4.42. The van der Waals surface area contributed by atoms with Crippen molar-refractivity contribution in [2.24, 2.45) is 0 Å². The summed E-state index contributed by atoms with van der Waals surface area (Å²) in [4.78, 5) is 17.7. The summed E-state index contributed by atoms with van der Waals surface area (Å²) in [6.07, 6.45) is -2.98. The summed E-state index contributed by atoms with van der Waals surface area (Å²) in [5.74, 6) is -0.107. The number of carbonyl (C=O) groups excluding carboxylic acids is 1. The van der Waals surface area contributed by atoms with Gasteiger partial charge >= 0.3 is 6.18 Å². The molecule has 1 aromatic heterocycles. The van der Waals surface area contributed by atoms with Gasteiger partial charge in [0, 0.05) is 13.2 Å². The van der Waals surface area contributed by atoms with Crippen LogP contribution in [-0.4, -0.2) is 17.9 Å². The summed E-state index contributed by atoms with van der Waals surface area (Å²) < 4.78 is 37.8. The smallest absolute Gasteiger partial charge is 0.296 e. The van der Waals surface area contributed by atoms with Crippen molar-refractivity contribution in [1.82, 2.24) is 4.98 Å². The van der Waals surface area contributed by atoms with Gasteiger partial charge in [-0.1, -0.05) is 17.7 Å². The van der Waals surface area contributed by atoms with E-state index < -0.39 is 17.6 Å². The Hall–Kier alpha value is -2.08. The molecule has 0 aliphatic heterocycles. The number of alkyl halides is 3. The number of aryl methyl sites for hydroxylation is 1. The van der Waals surface area contributed by atoms with E-state index in [9.17, 15) is 18.0 Å². The molecule has 1 amide bonds. The third-order valence-corrected chi connectivity index (χ3v) is 3.44. The minimum atomic E-state index is -4.51. The van der Waals surface area contributed by atoms with Crippen LogP contribution >= 0.6 is 11.6 Å². The highest BCUT2D eigenvalue weighted by Gasteiger charge is 2.31. The average molecular weight is 329 g/mol. The molecule has 0 aliphatic rings. The van der Waals surface area contributed by atoms with Crippen molar-refractivity contribution in [1.29, 1.82) is 0 Å². The predicted molar refractivity (Wildman–Crippen MR) is 78.2 cm³/mol. The van der Waals surface area contributed by atoms with Crippen molar-refractivity contribution in [2.75, 3.05) is 11.9 Å². The second-order valence-electron chi connectivity index (χ2n) is 4.70. The van der Waals surface area contributed by atoms with Gasteiger partial charge in [-0.15, -0.1) is 0 Å². The van der Waals surface area contributed by atoms with Gasteiger partial charge in [0.25, 0.3) is 5.91 Å². The number of amides is 1. The summed E-state index contributed by atoms with van der Waals surface area (Å²) in [5.41, 5.74) is -0.144. The number of halogens is 4. The zero-order chi connectivity index (χ0) is 16.5. The first-order valence-electron chi connectivity index (χ1n) is 6.28. The summed E-state index contributed by atoms with van der Waals surface area (Å²) in [5, 5.41) is -0.250. The number of rotatable bonds is 2. The molecule has 7 heteroatoms. The van der Waals surface area contributed by atoms with Gasteiger partial charge in [-0.2, -0.15) is 13.2 Å². The molecule has 0 atom stereocenters. The highest BCUT2D eigenvalue weighted by atomic mass is 35.5. The zero-order valence-corrected chi connectivity index (χ0v) is 12.5. The van der Waals surface area contributed by atoms with Crippen molar-refractivity contribution < 1.29 is 18.0 Å². The van der Waals surface area contributed by atoms with Crippen LogP contribution in [0.2, 0.25) is 5.02 Å². The fraction of sp³-hybridized carbons (Fsp3) is 0.200. The van der Waals surface area contributed by atoms with Crippen molar-refractivity contribution in [3.8, 4) is 0 Å². The van der Waals surface area contributed by atoms with Crippen LogP contribution in [0.15, 0.2) is 36.5 Å². The Bertz CT molecular complexity index is 716. The molecule has 0 spiro atoms. The highest BCUT2D eigenvalue weighted by Crippen LogP contribution is 2.32. The number of pyridine rings is 1. The number of benzene rings is 1. The summed E-state index contributed by atoms with van der Waals surface area (Å²) in [6.45, 7) is 1.78. The number of anilines is 1. The Morgan fingerprint density at radius 3 is 2.50 bits per heavy atom. The van der Waals surface area contributed by atoms with E-state index in [1.807, 2.05) is 0 Å². The van der Waals surface area contributed by atoms with E-state index in [0.717, 1.165) is 23.8 Å². The Morgan fingerprint density at radius 1 is 1.27 bits per heavy atom. The molecular weight excluding hydrogens is 317 g/mol. The normalized spacial score (nSPS) is 11.4. The number of hydrogen-bond donors (Lipinski definition) is 0. The van der Waals surface area contributed by atoms with Gasteiger partial charge in [-0.3, -0.25) is 9.69 Å². The van der Waals surface area contributed by atoms with Crippen LogP contribution in [0.5, 0.6) is 0 Å². The lowest BCUT2D eigenvalue weighted by Crippen LogP contribution is -2.28. The maximum atomic E-state index is 12.6. The van der Waals surface area contributed by atoms with Crippen molar-refractivity contribution in [3.05, 3.63) is 58.2 Å². The Morgan fingerprint density at radius 2 is 1.95 bits per heavy atom. The van der Waals surface area contributed by atoms with Crippen LogP contribution in [0.4, 0.5) is 19.0 Å². The SMILES string of the molecule is Cc1cccnc1N(C)C(=O)c1ccc(C(F)(F)F)cc1Cl. The van der Waals surface area contributed by atoms with E-state index in [0.29, 0.717) is 5.82 Å². The third-order valence-electron chi connectivity index (χ3n) is 3.13. The van der Waals surface area contributed by atoms with E-state index in [4.69, 9.17) is 11.6 Å². The number of carbonyl (C=O) groups is 1. The minimum Gasteiger partial charge on any atom is -0.296 e. The molecule has 0 N–H and O–H groups in total. The molecule has 3 nitrogen and oxygen atoms in total. The fourth-order valence-electron chi connectivity index (χ4n) is 1.97. The molecule has 0 aliphatic carbocycles. The zero-order valence-electron chi connectivity index (χ0n) is 11.8. The van der Waals surface area contributed by atoms with Crippen LogP contribution in [-0.2, 0) is 6.18 Å². The molecule has 22 heavy (non-hydrogen) atoms. The summed E-state index contributed by atoms with van der Waals surface area (Å²) in [7, 11) is 1.49. The second kappa shape index (κ2) is 5.96. The Labute approximate surface area is 130 Å². The molecule has 116 valence electrons. The van der Waals surface area contributed by atoms with Crippen LogP contribution in [0.25, 0.3) is 0 Å². The number of nitrogens with zero attached hydrogens (tertiary/aromatic N) is 2. The quantitative estimate of drug-likeness (QED) is 0.821. The lowest BCUT2D eigenvalue weighted by atomic mass is 10.1. The molecule has 0 bridgehead atoms. The maximum Gasteiger partial charge on any atom is 0.416 e. The highest BCUT2D eigenvalue weighted by molar-refractivity contribution is 6.34. The molecular formula is C15H12ClF3N2O. The van der Waals surface area contributed by atoms with Crippen LogP contribution in [0.1, 0.15) is 21.5 Å². The van der Waals surface area contributed by atoms with Gasteiger partial charge < -0.3 is 0 Å². The van der Waals surface area contributed by atoms with E-state index in [-0.39, 0.29) is 10.6 Å². The lowest BCUT2D eigenvalue weighted by Gasteiger charge is -2.19. The molecule has 1 aromatic carbocycles. The fourth-order valence-corrected chi connectivity index (χ4v) is 2.23. The maximum absolute atomic E-state index is 12.6. The number of aromatic nitrogens is 1. The molecule has 2 aromatic rings. The van der Waals surface area contributed by atoms with Crippen LogP contribution < -0.4 is 4.90 Å². The molecule has 0 saturated carbocycles. The first kappa shape index (κ1) is 16.3.